The summed E-state index contributed by atoms with van der Waals surface area (Å²) in [5.74, 6) is -0.415. The molecule has 4 aliphatic heterocycles. The number of amides is 2. The lowest BCUT2D eigenvalue weighted by Crippen LogP contribution is -2.55. The Morgan fingerprint density at radius 2 is 1.88 bits per heavy atom. The Kier molecular flexibility index (Phi) is 10.8. The summed E-state index contributed by atoms with van der Waals surface area (Å²) in [6.07, 6.45) is 6.16. The second-order valence-corrected chi connectivity index (χ2v) is 15.6. The summed E-state index contributed by atoms with van der Waals surface area (Å²) in [6.45, 7) is 7.15. The number of anilines is 1. The highest BCUT2D eigenvalue weighted by Crippen LogP contribution is 2.41. The number of aromatic nitrogens is 3. The highest BCUT2D eigenvalue weighted by Gasteiger charge is 2.49. The van der Waals surface area contributed by atoms with Crippen LogP contribution in [0.2, 0.25) is 5.02 Å². The van der Waals surface area contributed by atoms with Crippen molar-refractivity contribution < 1.29 is 23.1 Å². The number of nitriles is 1. The van der Waals surface area contributed by atoms with Crippen LogP contribution in [-0.2, 0) is 9.59 Å². The molecule has 0 spiro atoms. The Hall–Kier alpha value is -4.97. The highest BCUT2D eigenvalue weighted by atomic mass is 35.5. The Labute approximate surface area is 329 Å². The van der Waals surface area contributed by atoms with Crippen LogP contribution >= 0.6 is 11.6 Å². The fourth-order valence-electron chi connectivity index (χ4n) is 8.92. The molecule has 0 unspecified atom stereocenters. The van der Waals surface area contributed by atoms with E-state index < -0.39 is 23.6 Å². The van der Waals surface area contributed by atoms with Crippen LogP contribution in [0.3, 0.4) is 0 Å². The van der Waals surface area contributed by atoms with Gasteiger partial charge < -0.3 is 19.4 Å². The smallest absolute Gasteiger partial charge is 0.319 e. The van der Waals surface area contributed by atoms with Gasteiger partial charge in [0.1, 0.15) is 29.8 Å². The van der Waals surface area contributed by atoms with Crippen molar-refractivity contribution in [3.63, 3.8) is 0 Å². The molecule has 3 atom stereocenters. The van der Waals surface area contributed by atoms with Crippen molar-refractivity contribution in [2.24, 2.45) is 0 Å². The molecule has 4 saturated heterocycles. The number of halogens is 3. The zero-order chi connectivity index (χ0) is 39.0. The Morgan fingerprint density at radius 1 is 1.07 bits per heavy atom. The molecule has 292 valence electrons. The fourth-order valence-corrected chi connectivity index (χ4v) is 9.20. The molecule has 0 saturated carbocycles. The van der Waals surface area contributed by atoms with Gasteiger partial charge in [0.15, 0.2) is 5.82 Å². The van der Waals surface area contributed by atoms with Crippen LogP contribution in [0, 0.1) is 17.1 Å². The van der Waals surface area contributed by atoms with Gasteiger partial charge in [-0.05, 0) is 30.8 Å². The Bertz CT molecular complexity index is 2220. The number of carbonyl (C=O) groups is 2. The van der Waals surface area contributed by atoms with Gasteiger partial charge >= 0.3 is 6.01 Å². The van der Waals surface area contributed by atoms with Crippen molar-refractivity contribution in [2.75, 3.05) is 77.0 Å². The lowest BCUT2D eigenvalue weighted by molar-refractivity contribution is -0.130. The Morgan fingerprint density at radius 3 is 2.66 bits per heavy atom. The molecule has 0 N–H and O–H groups in total. The molecule has 0 bridgehead atoms. The number of piperazine rings is 2. The zero-order valence-corrected chi connectivity index (χ0v) is 32.1. The first-order chi connectivity index (χ1) is 27.1. The summed E-state index contributed by atoms with van der Waals surface area (Å²) >= 11 is 6.64. The van der Waals surface area contributed by atoms with Gasteiger partial charge in [0, 0.05) is 100 Å². The minimum Gasteiger partial charge on any atom is -0.461 e. The lowest BCUT2D eigenvalue weighted by Gasteiger charge is -2.41. The molecule has 4 fully saturated rings. The van der Waals surface area contributed by atoms with Crippen LogP contribution in [0.15, 0.2) is 54.7 Å². The second-order valence-electron chi connectivity index (χ2n) is 15.2. The van der Waals surface area contributed by atoms with Gasteiger partial charge in [0.05, 0.1) is 29.5 Å². The summed E-state index contributed by atoms with van der Waals surface area (Å²) in [4.78, 5) is 49.1. The van der Waals surface area contributed by atoms with Gasteiger partial charge in [0.25, 0.3) is 0 Å². The minimum absolute atomic E-state index is 0.0111. The molecule has 6 heterocycles. The monoisotopic (exact) mass is 783 g/mol. The maximum Gasteiger partial charge on any atom is 0.319 e. The van der Waals surface area contributed by atoms with E-state index in [0.717, 1.165) is 37.9 Å². The van der Waals surface area contributed by atoms with Gasteiger partial charge in [-0.1, -0.05) is 48.0 Å². The van der Waals surface area contributed by atoms with Crippen LogP contribution in [0.5, 0.6) is 6.01 Å². The van der Waals surface area contributed by atoms with Crippen molar-refractivity contribution >= 4 is 50.9 Å². The number of carbonyl (C=O) groups excluding carboxylic acids is 2. The standard InChI is InChI=1S/C41H44ClF2N9O3/c1-27(54)50-18-16-49(17-19-50)14-4-10-34(55)53-21-20-51(25-30(53)11-13-45)39-32-23-46-37(31-8-2-6-28-7-3-9-33(42)35(28)31)36(44)38(32)47-40(48-39)56-26-41-12-5-15-52(41)24-29(43)22-41/h2-4,6-10,23,29-30H,5,11-12,14-22,24-26H2,1H3/b10-4+/t29-,30+,41+/m1/s1. The van der Waals surface area contributed by atoms with Crippen LogP contribution in [0.4, 0.5) is 14.6 Å². The van der Waals surface area contributed by atoms with E-state index in [-0.39, 0.29) is 48.6 Å². The third-order valence-corrected chi connectivity index (χ3v) is 12.1. The largest absolute Gasteiger partial charge is 0.461 e. The Balaban J connectivity index is 1.09. The summed E-state index contributed by atoms with van der Waals surface area (Å²) in [6, 6.07) is 12.7. The van der Waals surface area contributed by atoms with Crippen LogP contribution < -0.4 is 9.64 Å². The van der Waals surface area contributed by atoms with E-state index in [0.29, 0.717) is 72.9 Å². The van der Waals surface area contributed by atoms with E-state index in [1.807, 2.05) is 40.1 Å². The number of nitrogens with zero attached hydrogens (tertiary/aromatic N) is 9. The third kappa shape index (κ3) is 7.35. The molecule has 12 nitrogen and oxygen atoms in total. The highest BCUT2D eigenvalue weighted by molar-refractivity contribution is 6.36. The molecule has 4 aromatic rings. The maximum atomic E-state index is 17.0. The molecular weight excluding hydrogens is 740 g/mol. The molecule has 8 rings (SSSR count). The predicted octanol–water partition coefficient (Wildman–Crippen LogP) is 5.24. The van der Waals surface area contributed by atoms with Crippen molar-refractivity contribution in [3.8, 4) is 23.3 Å². The van der Waals surface area contributed by atoms with E-state index in [2.05, 4.69) is 25.8 Å². The summed E-state index contributed by atoms with van der Waals surface area (Å²) in [7, 11) is 0. The van der Waals surface area contributed by atoms with Gasteiger partial charge in [0.2, 0.25) is 11.8 Å². The van der Waals surface area contributed by atoms with Crippen LogP contribution in [0.25, 0.3) is 32.9 Å². The predicted molar refractivity (Wildman–Crippen MR) is 210 cm³/mol. The molecule has 4 aliphatic rings. The van der Waals surface area contributed by atoms with Crippen LogP contribution in [0.1, 0.15) is 32.6 Å². The maximum absolute atomic E-state index is 17.0. The SMILES string of the molecule is CC(=O)N1CCN(C/C=C/C(=O)N2CCN(c3nc(OC[C@@]45CCCN4C[C@H](F)C5)nc4c(F)c(-c5cccc6cccc(Cl)c56)ncc34)C[C@@H]2CC#N)CC1. The molecule has 56 heavy (non-hydrogen) atoms. The first-order valence-electron chi connectivity index (χ1n) is 19.3. The molecule has 15 heteroatoms. The third-order valence-electron chi connectivity index (χ3n) is 11.8. The molecule has 0 radical (unpaired) electrons. The number of pyridine rings is 1. The van der Waals surface area contributed by atoms with Crippen LogP contribution in [-0.4, -0.2) is 136 Å². The number of benzene rings is 2. The fraction of sp³-hybridized carbons (Fsp3) is 0.463. The normalized spacial score (nSPS) is 23.3. The van der Waals surface area contributed by atoms with E-state index in [4.69, 9.17) is 21.3 Å². The van der Waals surface area contributed by atoms with Crippen molar-refractivity contribution in [2.45, 2.75) is 50.4 Å². The average Bonchev–Trinajstić information content (AvgIpc) is 3.73. The first-order valence-corrected chi connectivity index (χ1v) is 19.6. The van der Waals surface area contributed by atoms with Crippen molar-refractivity contribution in [1.29, 1.82) is 5.26 Å². The number of hydrogen-bond donors (Lipinski definition) is 0. The molecule has 2 aromatic carbocycles. The summed E-state index contributed by atoms with van der Waals surface area (Å²) < 4.78 is 37.9. The number of ether oxygens (including phenoxy) is 1. The van der Waals surface area contributed by atoms with E-state index in [1.54, 1.807) is 36.2 Å². The minimum atomic E-state index is -0.944. The van der Waals surface area contributed by atoms with Crippen molar-refractivity contribution in [3.05, 3.63) is 65.6 Å². The number of fused-ring (bicyclic) bond motifs is 3. The van der Waals surface area contributed by atoms with E-state index in [9.17, 15) is 19.2 Å². The number of hydrogen-bond acceptors (Lipinski definition) is 10. The number of rotatable bonds is 9. The topological polar surface area (TPSA) is 122 Å². The lowest BCUT2D eigenvalue weighted by atomic mass is 9.95. The van der Waals surface area contributed by atoms with Gasteiger partial charge in [-0.25, -0.2) is 8.78 Å². The summed E-state index contributed by atoms with van der Waals surface area (Å²) in [5, 5.41) is 12.2. The van der Waals surface area contributed by atoms with Gasteiger partial charge in [-0.2, -0.15) is 15.2 Å². The molecule has 2 aromatic heterocycles. The quantitative estimate of drug-likeness (QED) is 0.208. The first kappa shape index (κ1) is 37.9. The number of alkyl halides is 1. The van der Waals surface area contributed by atoms with Gasteiger partial charge in [-0.15, -0.1) is 0 Å². The molecular formula is C41H44ClF2N9O3. The molecule has 0 aliphatic carbocycles. The van der Waals surface area contributed by atoms with Crippen molar-refractivity contribution in [1.82, 2.24) is 34.6 Å². The van der Waals surface area contributed by atoms with Gasteiger partial charge in [-0.3, -0.25) is 24.4 Å². The summed E-state index contributed by atoms with van der Waals surface area (Å²) in [5.41, 5.74) is 0.133. The molecule has 2 amide bonds. The van der Waals surface area contributed by atoms with E-state index >= 15 is 4.39 Å². The average molecular weight is 784 g/mol. The zero-order valence-electron chi connectivity index (χ0n) is 31.3. The second kappa shape index (κ2) is 15.9. The van der Waals surface area contributed by atoms with E-state index in [1.165, 1.54) is 0 Å².